The predicted molar refractivity (Wildman–Crippen MR) is 70.3 cm³/mol. The first kappa shape index (κ1) is 13.1. The van der Waals surface area contributed by atoms with Crippen LogP contribution in [0.2, 0.25) is 5.02 Å². The van der Waals surface area contributed by atoms with E-state index in [4.69, 9.17) is 27.3 Å². The summed E-state index contributed by atoms with van der Waals surface area (Å²) in [5, 5.41) is 12.1. The van der Waals surface area contributed by atoms with Crippen molar-refractivity contribution in [1.29, 1.82) is 0 Å². The summed E-state index contributed by atoms with van der Waals surface area (Å²) in [6.45, 7) is 0.160. The van der Waals surface area contributed by atoms with Crippen molar-refractivity contribution in [1.82, 2.24) is 9.97 Å². The van der Waals surface area contributed by atoms with Gasteiger partial charge in [0.25, 0.3) is 0 Å². The fourth-order valence-electron chi connectivity index (χ4n) is 1.43. The van der Waals surface area contributed by atoms with Gasteiger partial charge in [-0.05, 0) is 24.3 Å². The lowest BCUT2D eigenvalue weighted by Gasteiger charge is -2.10. The van der Waals surface area contributed by atoms with Crippen molar-refractivity contribution in [3.05, 3.63) is 53.1 Å². The monoisotopic (exact) mass is 278 g/mol. The molecule has 2 rings (SSSR count). The van der Waals surface area contributed by atoms with Crippen molar-refractivity contribution in [2.75, 3.05) is 0 Å². The van der Waals surface area contributed by atoms with Gasteiger partial charge in [0, 0.05) is 17.4 Å². The number of nitrogens with two attached hydrogens (primary N) is 1. The highest BCUT2D eigenvalue weighted by molar-refractivity contribution is 6.30. The van der Waals surface area contributed by atoms with Crippen LogP contribution in [-0.4, -0.2) is 21.0 Å². The molecule has 0 unspecified atom stereocenters. The molecule has 98 valence electrons. The molecule has 1 aromatic heterocycles. The standard InChI is InChI=1S/C12H11ClN4O2/c13-8-2-3-9(12(14)17-18)10(6-8)19-7-11-15-4-1-5-16-11/h1-6,18H,7H2,(H2,14,17). The Hall–Kier alpha value is -2.34. The summed E-state index contributed by atoms with van der Waals surface area (Å²) in [5.74, 6) is 0.865. The quantitative estimate of drug-likeness (QED) is 0.385. The summed E-state index contributed by atoms with van der Waals surface area (Å²) in [6.07, 6.45) is 3.24. The molecular weight excluding hydrogens is 268 g/mol. The maximum atomic E-state index is 8.72. The van der Waals surface area contributed by atoms with Gasteiger partial charge in [0.1, 0.15) is 12.4 Å². The summed E-state index contributed by atoms with van der Waals surface area (Å²) < 4.78 is 5.55. The number of rotatable bonds is 4. The van der Waals surface area contributed by atoms with Crippen molar-refractivity contribution in [3.8, 4) is 5.75 Å². The fourth-order valence-corrected chi connectivity index (χ4v) is 1.59. The smallest absolute Gasteiger partial charge is 0.173 e. The van der Waals surface area contributed by atoms with Crippen LogP contribution in [0.3, 0.4) is 0 Å². The number of hydrogen-bond acceptors (Lipinski definition) is 5. The summed E-state index contributed by atoms with van der Waals surface area (Å²) in [7, 11) is 0. The maximum Gasteiger partial charge on any atom is 0.173 e. The first-order valence-electron chi connectivity index (χ1n) is 5.37. The van der Waals surface area contributed by atoms with E-state index in [2.05, 4.69) is 15.1 Å². The molecule has 0 aliphatic carbocycles. The minimum absolute atomic E-state index is 0.0550. The van der Waals surface area contributed by atoms with Gasteiger partial charge in [-0.25, -0.2) is 9.97 Å². The Bertz CT molecular complexity index is 590. The molecule has 19 heavy (non-hydrogen) atoms. The highest BCUT2D eigenvalue weighted by atomic mass is 35.5. The normalized spacial score (nSPS) is 11.3. The molecule has 0 saturated heterocycles. The molecule has 0 radical (unpaired) electrons. The summed E-state index contributed by atoms with van der Waals surface area (Å²) in [5.41, 5.74) is 6.01. The summed E-state index contributed by atoms with van der Waals surface area (Å²) >= 11 is 5.89. The van der Waals surface area contributed by atoms with E-state index in [1.165, 1.54) is 0 Å². The summed E-state index contributed by atoms with van der Waals surface area (Å²) in [6, 6.07) is 6.53. The lowest BCUT2D eigenvalue weighted by atomic mass is 10.2. The second-order valence-corrected chi connectivity index (χ2v) is 4.02. The molecule has 0 bridgehead atoms. The number of halogens is 1. The molecular formula is C12H11ClN4O2. The molecule has 0 aliphatic heterocycles. The molecule has 7 heteroatoms. The lowest BCUT2D eigenvalue weighted by Crippen LogP contribution is -2.15. The van der Waals surface area contributed by atoms with Crippen molar-refractivity contribution in [2.24, 2.45) is 10.9 Å². The van der Waals surface area contributed by atoms with Crippen LogP contribution in [0, 0.1) is 0 Å². The molecule has 0 amide bonds. The molecule has 0 saturated carbocycles. The Morgan fingerprint density at radius 1 is 1.37 bits per heavy atom. The third-order valence-electron chi connectivity index (χ3n) is 2.30. The highest BCUT2D eigenvalue weighted by Gasteiger charge is 2.10. The van der Waals surface area contributed by atoms with Gasteiger partial charge in [-0.3, -0.25) is 0 Å². The first-order valence-corrected chi connectivity index (χ1v) is 5.74. The van der Waals surface area contributed by atoms with E-state index in [-0.39, 0.29) is 12.4 Å². The van der Waals surface area contributed by atoms with Gasteiger partial charge in [-0.15, -0.1) is 0 Å². The van der Waals surface area contributed by atoms with Gasteiger partial charge in [0.05, 0.1) is 5.56 Å². The number of ether oxygens (including phenoxy) is 1. The van der Waals surface area contributed by atoms with Crippen molar-refractivity contribution < 1.29 is 9.94 Å². The molecule has 0 aliphatic rings. The summed E-state index contributed by atoms with van der Waals surface area (Å²) in [4.78, 5) is 8.06. The minimum Gasteiger partial charge on any atom is -0.485 e. The van der Waals surface area contributed by atoms with E-state index in [1.807, 2.05) is 0 Å². The fraction of sp³-hybridized carbons (Fsp3) is 0.0833. The number of amidine groups is 1. The van der Waals surface area contributed by atoms with Crippen LogP contribution in [0.15, 0.2) is 41.8 Å². The van der Waals surface area contributed by atoms with E-state index in [0.717, 1.165) is 0 Å². The molecule has 0 atom stereocenters. The van der Waals surface area contributed by atoms with Crippen molar-refractivity contribution >= 4 is 17.4 Å². The second kappa shape index (κ2) is 6.01. The molecule has 1 heterocycles. The van der Waals surface area contributed by atoms with Gasteiger partial charge in [0.2, 0.25) is 0 Å². The molecule has 0 spiro atoms. The first-order chi connectivity index (χ1) is 9.20. The van der Waals surface area contributed by atoms with Crippen LogP contribution in [-0.2, 0) is 6.61 Å². The zero-order valence-corrected chi connectivity index (χ0v) is 10.6. The average Bonchev–Trinajstić information content (AvgIpc) is 2.45. The van der Waals surface area contributed by atoms with Crippen molar-refractivity contribution in [3.63, 3.8) is 0 Å². The van der Waals surface area contributed by atoms with Crippen LogP contribution in [0.1, 0.15) is 11.4 Å². The van der Waals surface area contributed by atoms with E-state index < -0.39 is 0 Å². The second-order valence-electron chi connectivity index (χ2n) is 3.58. The topological polar surface area (TPSA) is 93.6 Å². The lowest BCUT2D eigenvalue weighted by molar-refractivity contribution is 0.294. The average molecular weight is 279 g/mol. The third kappa shape index (κ3) is 3.32. The van der Waals surface area contributed by atoms with E-state index in [1.54, 1.807) is 36.7 Å². The van der Waals surface area contributed by atoms with Crippen LogP contribution < -0.4 is 10.5 Å². The predicted octanol–water partition coefficient (Wildman–Crippen LogP) is 1.80. The molecule has 1 aromatic carbocycles. The zero-order chi connectivity index (χ0) is 13.7. The van der Waals surface area contributed by atoms with Gasteiger partial charge in [-0.2, -0.15) is 0 Å². The number of benzene rings is 1. The largest absolute Gasteiger partial charge is 0.485 e. The van der Waals surface area contributed by atoms with Gasteiger partial charge in [0.15, 0.2) is 11.7 Å². The Balaban J connectivity index is 2.21. The van der Waals surface area contributed by atoms with E-state index in [9.17, 15) is 0 Å². The molecule has 0 fully saturated rings. The van der Waals surface area contributed by atoms with Crippen LogP contribution in [0.4, 0.5) is 0 Å². The minimum atomic E-state index is -0.0550. The van der Waals surface area contributed by atoms with Crippen LogP contribution in [0.5, 0.6) is 5.75 Å². The van der Waals surface area contributed by atoms with Crippen LogP contribution in [0.25, 0.3) is 0 Å². The molecule has 6 nitrogen and oxygen atoms in total. The molecule has 3 N–H and O–H groups in total. The van der Waals surface area contributed by atoms with Gasteiger partial charge < -0.3 is 15.7 Å². The number of hydrogen-bond donors (Lipinski definition) is 2. The Kier molecular flexibility index (Phi) is 4.15. The number of aromatic nitrogens is 2. The number of oxime groups is 1. The maximum absolute atomic E-state index is 8.72. The van der Waals surface area contributed by atoms with Gasteiger partial charge in [-0.1, -0.05) is 16.8 Å². The highest BCUT2D eigenvalue weighted by Crippen LogP contribution is 2.23. The zero-order valence-electron chi connectivity index (χ0n) is 9.82. The van der Waals surface area contributed by atoms with Crippen LogP contribution >= 0.6 is 11.6 Å². The number of nitrogens with zero attached hydrogens (tertiary/aromatic N) is 3. The SMILES string of the molecule is N/C(=N/O)c1ccc(Cl)cc1OCc1ncccn1. The third-order valence-corrected chi connectivity index (χ3v) is 2.54. The van der Waals surface area contributed by atoms with E-state index in [0.29, 0.717) is 22.2 Å². The van der Waals surface area contributed by atoms with Gasteiger partial charge >= 0.3 is 0 Å². The Morgan fingerprint density at radius 3 is 2.79 bits per heavy atom. The molecule has 2 aromatic rings. The van der Waals surface area contributed by atoms with Crippen molar-refractivity contribution in [2.45, 2.75) is 6.61 Å². The Labute approximate surface area is 114 Å². The van der Waals surface area contributed by atoms with E-state index >= 15 is 0 Å². The Morgan fingerprint density at radius 2 is 2.11 bits per heavy atom.